The minimum absolute atomic E-state index is 0.205. The zero-order valence-corrected chi connectivity index (χ0v) is 16.0. The molecule has 2 atom stereocenters. The molecule has 146 valence electrons. The van der Waals surface area contributed by atoms with Crippen molar-refractivity contribution in [3.05, 3.63) is 29.8 Å². The lowest BCUT2D eigenvalue weighted by Gasteiger charge is -2.37. The van der Waals surface area contributed by atoms with E-state index >= 15 is 0 Å². The summed E-state index contributed by atoms with van der Waals surface area (Å²) in [6, 6.07) is 6.63. The molecule has 0 saturated carbocycles. The van der Waals surface area contributed by atoms with Crippen molar-refractivity contribution in [3.8, 4) is 5.75 Å². The van der Waals surface area contributed by atoms with E-state index in [1.807, 2.05) is 23.1 Å². The van der Waals surface area contributed by atoms with E-state index in [0.29, 0.717) is 17.3 Å². The Balaban J connectivity index is 1.99. The third-order valence-corrected chi connectivity index (χ3v) is 4.90. The molecule has 0 bridgehead atoms. The highest BCUT2D eigenvalue weighted by atomic mass is 16.5. The highest BCUT2D eigenvalue weighted by Crippen LogP contribution is 2.36. The fraction of sp³-hybridized carbons (Fsp3) is 0.526. The molecule has 2 aliphatic heterocycles. The number of hydrogen-bond donors (Lipinski definition) is 1. The van der Waals surface area contributed by atoms with Crippen LogP contribution in [0.1, 0.15) is 18.5 Å². The van der Waals surface area contributed by atoms with E-state index in [9.17, 15) is 9.59 Å². The van der Waals surface area contributed by atoms with E-state index in [1.54, 1.807) is 20.1 Å². The third-order valence-electron chi connectivity index (χ3n) is 4.90. The predicted molar refractivity (Wildman–Crippen MR) is 101 cm³/mol. The van der Waals surface area contributed by atoms with Gasteiger partial charge < -0.3 is 19.3 Å². The summed E-state index contributed by atoms with van der Waals surface area (Å²) in [5, 5.41) is 2.80. The van der Waals surface area contributed by atoms with Crippen LogP contribution in [0.3, 0.4) is 0 Å². The molecule has 8 heteroatoms. The lowest BCUT2D eigenvalue weighted by molar-refractivity contribution is -0.153. The van der Waals surface area contributed by atoms with E-state index < -0.39 is 23.8 Å². The van der Waals surface area contributed by atoms with Gasteiger partial charge in [0.1, 0.15) is 11.8 Å². The van der Waals surface area contributed by atoms with E-state index in [-0.39, 0.29) is 6.61 Å². The Morgan fingerprint density at radius 3 is 2.63 bits per heavy atom. The number of methoxy groups -OCH3 is 1. The fourth-order valence-electron chi connectivity index (χ4n) is 3.38. The van der Waals surface area contributed by atoms with Crippen LogP contribution in [-0.2, 0) is 14.3 Å². The number of hydrogen-bond acceptors (Lipinski definition) is 7. The maximum Gasteiger partial charge on any atom is 0.321 e. The molecule has 1 amide bonds. The van der Waals surface area contributed by atoms with Gasteiger partial charge in [-0.3, -0.25) is 14.9 Å². The van der Waals surface area contributed by atoms with Crippen molar-refractivity contribution < 1.29 is 19.1 Å². The molecule has 2 aliphatic rings. The first-order valence-corrected chi connectivity index (χ1v) is 9.16. The van der Waals surface area contributed by atoms with Crippen LogP contribution in [0, 0.1) is 5.92 Å². The first-order valence-electron chi connectivity index (χ1n) is 9.16. The van der Waals surface area contributed by atoms with Gasteiger partial charge in [-0.1, -0.05) is 18.2 Å². The van der Waals surface area contributed by atoms with Crippen molar-refractivity contribution >= 4 is 17.8 Å². The van der Waals surface area contributed by atoms with Crippen LogP contribution in [0.4, 0.5) is 0 Å². The first-order chi connectivity index (χ1) is 13.0. The minimum atomic E-state index is -1.04. The number of rotatable bonds is 4. The number of carbonyl (C=O) groups is 2. The number of para-hydroxylation sites is 1. The zero-order chi connectivity index (χ0) is 19.4. The highest BCUT2D eigenvalue weighted by Gasteiger charge is 2.43. The second kappa shape index (κ2) is 8.39. The third kappa shape index (κ3) is 4.05. The molecule has 2 heterocycles. The number of carbonyl (C=O) groups excluding carboxylic acids is 2. The molecule has 0 aliphatic carbocycles. The number of aliphatic imine (C=N–C) groups is 1. The van der Waals surface area contributed by atoms with Crippen molar-refractivity contribution in [2.75, 3.05) is 46.9 Å². The van der Waals surface area contributed by atoms with E-state index in [2.05, 4.69) is 17.3 Å². The van der Waals surface area contributed by atoms with E-state index in [0.717, 1.165) is 26.2 Å². The average Bonchev–Trinajstić information content (AvgIpc) is 2.68. The number of nitrogens with one attached hydrogen (secondary N) is 1. The SMILES string of the molecule is CCOC(=O)[C@H]1C(=O)NC(N2CCN(C)CC2)=N[C@H]1c1ccccc1OC. The molecular weight excluding hydrogens is 348 g/mol. The maximum absolute atomic E-state index is 12.8. The Labute approximate surface area is 159 Å². The molecule has 0 unspecified atom stereocenters. The smallest absolute Gasteiger partial charge is 0.321 e. The Hall–Kier alpha value is -2.61. The molecule has 27 heavy (non-hydrogen) atoms. The van der Waals surface area contributed by atoms with Gasteiger partial charge in [0.05, 0.1) is 13.7 Å². The van der Waals surface area contributed by atoms with Crippen LogP contribution in [0.25, 0.3) is 0 Å². The maximum atomic E-state index is 12.8. The molecular formula is C19H26N4O4. The lowest BCUT2D eigenvalue weighted by Crippen LogP contribution is -2.56. The van der Waals surface area contributed by atoms with Gasteiger partial charge in [0.15, 0.2) is 5.92 Å². The molecule has 3 rings (SSSR count). The molecule has 8 nitrogen and oxygen atoms in total. The molecule has 0 radical (unpaired) electrons. The van der Waals surface area contributed by atoms with E-state index in [1.165, 1.54) is 0 Å². The standard InChI is InChI=1S/C19H26N4O4/c1-4-27-18(25)15-16(13-7-5-6-8-14(13)26-3)20-19(21-17(15)24)23-11-9-22(2)10-12-23/h5-8,15-16H,4,9-12H2,1-3H3,(H,20,21,24)/t15-,16+/m1/s1. The van der Waals surface area contributed by atoms with Gasteiger partial charge in [-0.05, 0) is 20.0 Å². The molecule has 1 fully saturated rings. The van der Waals surface area contributed by atoms with Crippen molar-refractivity contribution in [1.29, 1.82) is 0 Å². The van der Waals surface area contributed by atoms with Crippen LogP contribution in [0.5, 0.6) is 5.75 Å². The molecule has 1 aromatic carbocycles. The summed E-state index contributed by atoms with van der Waals surface area (Å²) in [7, 11) is 3.62. The Bertz CT molecular complexity index is 728. The highest BCUT2D eigenvalue weighted by molar-refractivity contribution is 6.08. The van der Waals surface area contributed by atoms with E-state index in [4.69, 9.17) is 14.5 Å². The average molecular weight is 374 g/mol. The van der Waals surface area contributed by atoms with Gasteiger partial charge in [0.25, 0.3) is 0 Å². The zero-order valence-electron chi connectivity index (χ0n) is 16.0. The Morgan fingerprint density at radius 2 is 1.96 bits per heavy atom. The molecule has 1 aromatic rings. The lowest BCUT2D eigenvalue weighted by atomic mass is 9.90. The summed E-state index contributed by atoms with van der Waals surface area (Å²) < 4.78 is 10.6. The van der Waals surface area contributed by atoms with Gasteiger partial charge in [-0.2, -0.15) is 0 Å². The summed E-state index contributed by atoms with van der Waals surface area (Å²) in [6.45, 7) is 5.22. The van der Waals surface area contributed by atoms with Gasteiger partial charge in [0.2, 0.25) is 11.9 Å². The normalized spacial score (nSPS) is 23.4. The van der Waals surface area contributed by atoms with Crippen molar-refractivity contribution in [1.82, 2.24) is 15.1 Å². The van der Waals surface area contributed by atoms with Gasteiger partial charge >= 0.3 is 5.97 Å². The Kier molecular flexibility index (Phi) is 5.95. The summed E-state index contributed by atoms with van der Waals surface area (Å²) in [4.78, 5) is 34.4. The quantitative estimate of drug-likeness (QED) is 0.615. The van der Waals surface area contributed by atoms with Gasteiger partial charge in [-0.25, -0.2) is 4.99 Å². The fourth-order valence-corrected chi connectivity index (χ4v) is 3.38. The summed E-state index contributed by atoms with van der Waals surface area (Å²) >= 11 is 0. The van der Waals surface area contributed by atoms with Crippen molar-refractivity contribution in [3.63, 3.8) is 0 Å². The number of nitrogens with zero attached hydrogens (tertiary/aromatic N) is 3. The first kappa shape index (κ1) is 19.2. The minimum Gasteiger partial charge on any atom is -0.496 e. The molecule has 0 aromatic heterocycles. The topological polar surface area (TPSA) is 83.5 Å². The van der Waals surface area contributed by atoms with Crippen LogP contribution in [-0.4, -0.2) is 74.6 Å². The second-order valence-corrected chi connectivity index (χ2v) is 6.65. The largest absolute Gasteiger partial charge is 0.496 e. The predicted octanol–water partition coefficient (Wildman–Crippen LogP) is 0.649. The van der Waals surface area contributed by atoms with Crippen molar-refractivity contribution in [2.45, 2.75) is 13.0 Å². The summed E-state index contributed by atoms with van der Waals surface area (Å²) in [5.74, 6) is -0.921. The number of benzene rings is 1. The number of guanidine groups is 1. The number of piperazine rings is 1. The monoisotopic (exact) mass is 374 g/mol. The summed E-state index contributed by atoms with van der Waals surface area (Å²) in [5.41, 5.74) is 0.694. The van der Waals surface area contributed by atoms with Gasteiger partial charge in [0, 0.05) is 31.7 Å². The molecule has 0 spiro atoms. The number of amides is 1. The molecule has 1 saturated heterocycles. The number of likely N-dealkylation sites (N-methyl/N-ethyl adjacent to an activating group) is 1. The van der Waals surface area contributed by atoms with Crippen LogP contribution < -0.4 is 10.1 Å². The van der Waals surface area contributed by atoms with Crippen LogP contribution in [0.2, 0.25) is 0 Å². The molecule has 1 N–H and O–H groups in total. The number of esters is 1. The van der Waals surface area contributed by atoms with Crippen molar-refractivity contribution in [2.24, 2.45) is 10.9 Å². The van der Waals surface area contributed by atoms with Gasteiger partial charge in [-0.15, -0.1) is 0 Å². The summed E-state index contributed by atoms with van der Waals surface area (Å²) in [6.07, 6.45) is 0. The van der Waals surface area contributed by atoms with Crippen LogP contribution in [0.15, 0.2) is 29.3 Å². The Morgan fingerprint density at radius 1 is 1.26 bits per heavy atom. The second-order valence-electron chi connectivity index (χ2n) is 6.65. The van der Waals surface area contributed by atoms with Crippen LogP contribution >= 0.6 is 0 Å². The number of ether oxygens (including phenoxy) is 2.